The summed E-state index contributed by atoms with van der Waals surface area (Å²) in [6.07, 6.45) is 55.9. The highest BCUT2D eigenvalue weighted by atomic mass is 31.2. The molecule has 2 N–H and O–H groups in total. The van der Waals surface area contributed by atoms with Crippen molar-refractivity contribution in [2.24, 2.45) is 0 Å². The molecule has 0 bridgehead atoms. The molecule has 61 heavy (non-hydrogen) atoms. The van der Waals surface area contributed by atoms with Crippen molar-refractivity contribution in [2.45, 2.75) is 238 Å². The smallest absolute Gasteiger partial charge is 0.268 e. The van der Waals surface area contributed by atoms with Crippen molar-refractivity contribution < 1.29 is 32.9 Å². The molecule has 8 nitrogen and oxygen atoms in total. The molecule has 0 aromatic rings. The maximum absolute atomic E-state index is 12.9. The third-order valence-electron chi connectivity index (χ3n) is 11.3. The fourth-order valence-electron chi connectivity index (χ4n) is 7.22. The second-order valence-electron chi connectivity index (χ2n) is 18.5. The van der Waals surface area contributed by atoms with E-state index in [1.54, 1.807) is 6.08 Å². The molecule has 0 saturated carbocycles. The minimum atomic E-state index is -4.59. The second-order valence-corrected chi connectivity index (χ2v) is 19.9. The molecule has 0 aromatic carbocycles. The van der Waals surface area contributed by atoms with Gasteiger partial charge in [-0.1, -0.05) is 210 Å². The summed E-state index contributed by atoms with van der Waals surface area (Å²) in [7, 11) is 1.26. The van der Waals surface area contributed by atoms with Gasteiger partial charge in [-0.15, -0.1) is 0 Å². The highest BCUT2D eigenvalue weighted by molar-refractivity contribution is 7.45. The number of phosphoric acid groups is 1. The van der Waals surface area contributed by atoms with E-state index in [9.17, 15) is 19.4 Å². The van der Waals surface area contributed by atoms with Gasteiger partial charge in [0.25, 0.3) is 7.82 Å². The van der Waals surface area contributed by atoms with Crippen molar-refractivity contribution in [1.29, 1.82) is 0 Å². The summed E-state index contributed by atoms with van der Waals surface area (Å²) in [6.45, 7) is 4.63. The maximum Gasteiger partial charge on any atom is 0.268 e. The van der Waals surface area contributed by atoms with E-state index >= 15 is 0 Å². The van der Waals surface area contributed by atoms with Crippen LogP contribution in [0.2, 0.25) is 0 Å². The lowest BCUT2D eigenvalue weighted by atomic mass is 10.0. The van der Waals surface area contributed by atoms with Crippen LogP contribution in [0.3, 0.4) is 0 Å². The first-order chi connectivity index (χ1) is 29.5. The van der Waals surface area contributed by atoms with Crippen molar-refractivity contribution >= 4 is 13.7 Å². The number of hydrogen-bond acceptors (Lipinski definition) is 6. The number of likely N-dealkylation sites (N-methyl/N-ethyl adjacent to an activating group) is 1. The predicted molar refractivity (Wildman–Crippen MR) is 261 cm³/mol. The molecule has 0 heterocycles. The standard InChI is InChI=1S/C52H99N2O6P/c1-6-8-10-12-14-16-18-20-22-23-24-25-26-27-28-29-30-31-32-34-36-38-40-42-44-46-52(56)53-50(49-60-61(57,58)59-48-47-54(3,4)5)51(55)45-43-41-39-37-35-33-21-19-17-15-13-11-9-7-2/h18,20,23-24,26-27,43,45,50-51,55H,6-17,19,21-22,25,28-42,44,46-49H2,1-5H3,(H-,53,56,57,58)/b20-18-,24-23-,27-26-,45-43+. The number of rotatable bonds is 46. The van der Waals surface area contributed by atoms with Gasteiger partial charge in [0.05, 0.1) is 39.9 Å². The third-order valence-corrected chi connectivity index (χ3v) is 12.2. The van der Waals surface area contributed by atoms with Crippen LogP contribution >= 0.6 is 7.82 Å². The van der Waals surface area contributed by atoms with Crippen LogP contribution in [0.5, 0.6) is 0 Å². The molecule has 0 aliphatic carbocycles. The zero-order valence-electron chi connectivity index (χ0n) is 40.6. The molecular formula is C52H99N2O6P. The largest absolute Gasteiger partial charge is 0.756 e. The summed E-state index contributed by atoms with van der Waals surface area (Å²) in [6, 6.07) is -0.889. The molecule has 1 amide bonds. The van der Waals surface area contributed by atoms with Crippen molar-refractivity contribution in [1.82, 2.24) is 5.32 Å². The molecule has 0 aromatic heterocycles. The van der Waals surface area contributed by atoms with Crippen LogP contribution in [0, 0.1) is 0 Å². The summed E-state index contributed by atoms with van der Waals surface area (Å²) < 4.78 is 23.3. The summed E-state index contributed by atoms with van der Waals surface area (Å²) in [5.41, 5.74) is 0. The summed E-state index contributed by atoms with van der Waals surface area (Å²) in [5.74, 6) is -0.202. The van der Waals surface area contributed by atoms with E-state index in [0.29, 0.717) is 17.4 Å². The molecule has 0 saturated heterocycles. The number of allylic oxidation sites excluding steroid dienone is 7. The van der Waals surface area contributed by atoms with E-state index in [1.807, 2.05) is 27.2 Å². The normalized spacial score (nSPS) is 14.5. The number of nitrogens with zero attached hydrogens (tertiary/aromatic N) is 1. The Morgan fingerprint density at radius 1 is 0.574 bits per heavy atom. The SMILES string of the molecule is CCCCCCC/C=C\C/C=C\C/C=C\CCCCCCCCCCCCC(=O)NC(COP(=O)([O-])OCC[N+](C)(C)C)C(O)/C=C/CCCCCCCCCCCCCC. The van der Waals surface area contributed by atoms with Gasteiger partial charge in [0.15, 0.2) is 0 Å². The first-order valence-electron chi connectivity index (χ1n) is 25.5. The Kier molecular flexibility index (Phi) is 42.6. The monoisotopic (exact) mass is 879 g/mol. The molecule has 0 fully saturated rings. The van der Waals surface area contributed by atoms with Gasteiger partial charge in [-0.3, -0.25) is 9.36 Å². The molecule has 9 heteroatoms. The van der Waals surface area contributed by atoms with Gasteiger partial charge < -0.3 is 28.8 Å². The molecular weight excluding hydrogens is 780 g/mol. The highest BCUT2D eigenvalue weighted by Crippen LogP contribution is 2.38. The predicted octanol–water partition coefficient (Wildman–Crippen LogP) is 14.2. The fraction of sp³-hybridized carbons (Fsp3) is 0.827. The average molecular weight is 879 g/mol. The fourth-order valence-corrected chi connectivity index (χ4v) is 7.94. The van der Waals surface area contributed by atoms with Gasteiger partial charge >= 0.3 is 0 Å². The van der Waals surface area contributed by atoms with Gasteiger partial charge in [-0.05, 0) is 57.8 Å². The van der Waals surface area contributed by atoms with E-state index in [0.717, 1.165) is 51.4 Å². The number of carbonyl (C=O) groups is 1. The van der Waals surface area contributed by atoms with Gasteiger partial charge in [-0.2, -0.15) is 0 Å². The van der Waals surface area contributed by atoms with Gasteiger partial charge in [0.2, 0.25) is 5.91 Å². The number of aliphatic hydroxyl groups is 1. The van der Waals surface area contributed by atoms with Crippen molar-refractivity contribution in [3.8, 4) is 0 Å². The van der Waals surface area contributed by atoms with Crippen LogP contribution in [0.4, 0.5) is 0 Å². The topological polar surface area (TPSA) is 108 Å². The van der Waals surface area contributed by atoms with Crippen LogP contribution in [0.15, 0.2) is 48.6 Å². The summed E-state index contributed by atoms with van der Waals surface area (Å²) in [4.78, 5) is 25.4. The van der Waals surface area contributed by atoms with Crippen LogP contribution in [-0.4, -0.2) is 68.5 Å². The van der Waals surface area contributed by atoms with Gasteiger partial charge in [-0.25, -0.2) is 0 Å². The lowest BCUT2D eigenvalue weighted by Gasteiger charge is -2.29. The Labute approximate surface area is 378 Å². The zero-order valence-corrected chi connectivity index (χ0v) is 41.5. The van der Waals surface area contributed by atoms with Crippen molar-refractivity contribution in [3.05, 3.63) is 48.6 Å². The maximum atomic E-state index is 12.9. The molecule has 3 unspecified atom stereocenters. The molecule has 0 aliphatic heterocycles. The number of nitrogens with one attached hydrogen (secondary N) is 1. The number of quaternary nitrogens is 1. The number of unbranched alkanes of at least 4 members (excludes halogenated alkanes) is 27. The minimum absolute atomic E-state index is 0.00278. The Hall–Kier alpha value is -1.54. The first-order valence-corrected chi connectivity index (χ1v) is 27.0. The van der Waals surface area contributed by atoms with Gasteiger partial charge in [0.1, 0.15) is 13.2 Å². The van der Waals surface area contributed by atoms with Crippen LogP contribution < -0.4 is 10.2 Å². The Morgan fingerprint density at radius 3 is 1.38 bits per heavy atom. The highest BCUT2D eigenvalue weighted by Gasteiger charge is 2.23. The second kappa shape index (κ2) is 43.7. The van der Waals surface area contributed by atoms with E-state index in [4.69, 9.17) is 9.05 Å². The first kappa shape index (κ1) is 59.5. The molecule has 0 rings (SSSR count). The molecule has 0 radical (unpaired) electrons. The lowest BCUT2D eigenvalue weighted by molar-refractivity contribution is -0.870. The minimum Gasteiger partial charge on any atom is -0.756 e. The number of carbonyl (C=O) groups excluding carboxylic acids is 1. The lowest BCUT2D eigenvalue weighted by Crippen LogP contribution is -2.45. The van der Waals surface area contributed by atoms with E-state index < -0.39 is 20.0 Å². The van der Waals surface area contributed by atoms with Crippen LogP contribution in [0.25, 0.3) is 0 Å². The number of phosphoric ester groups is 1. The van der Waals surface area contributed by atoms with E-state index in [-0.39, 0.29) is 19.1 Å². The average Bonchev–Trinajstić information content (AvgIpc) is 3.21. The number of hydrogen-bond donors (Lipinski definition) is 2. The summed E-state index contributed by atoms with van der Waals surface area (Å²) >= 11 is 0. The molecule has 3 atom stereocenters. The number of amides is 1. The Bertz CT molecular complexity index is 1130. The summed E-state index contributed by atoms with van der Waals surface area (Å²) in [5, 5.41) is 13.8. The van der Waals surface area contributed by atoms with E-state index in [1.165, 1.54) is 154 Å². The quantitative estimate of drug-likeness (QED) is 0.0273. The third kappa shape index (κ3) is 46.3. The molecule has 0 spiro atoms. The van der Waals surface area contributed by atoms with E-state index in [2.05, 4.69) is 55.6 Å². The van der Waals surface area contributed by atoms with Gasteiger partial charge in [0, 0.05) is 6.42 Å². The molecule has 0 aliphatic rings. The van der Waals surface area contributed by atoms with Crippen molar-refractivity contribution in [3.63, 3.8) is 0 Å². The molecule has 358 valence electrons. The Morgan fingerprint density at radius 2 is 0.951 bits per heavy atom. The Balaban J connectivity index is 4.26. The van der Waals surface area contributed by atoms with Crippen molar-refractivity contribution in [2.75, 3.05) is 40.9 Å². The number of aliphatic hydroxyl groups excluding tert-OH is 1. The zero-order chi connectivity index (χ0) is 45.0. The van der Waals surface area contributed by atoms with Crippen LogP contribution in [-0.2, 0) is 18.4 Å². The van der Waals surface area contributed by atoms with Crippen LogP contribution in [0.1, 0.15) is 226 Å².